The number of pyridine rings is 1. The molecule has 1 aliphatic heterocycles. The highest BCUT2D eigenvalue weighted by Crippen LogP contribution is 2.25. The molecular formula is C18H22N2O. The Balaban J connectivity index is 1.98. The number of hydrogen-bond acceptors (Lipinski definition) is 2. The van der Waals surface area contributed by atoms with Crippen LogP contribution in [-0.4, -0.2) is 28.9 Å². The average molecular weight is 282 g/mol. The fourth-order valence-electron chi connectivity index (χ4n) is 3.20. The van der Waals surface area contributed by atoms with Gasteiger partial charge in [-0.25, -0.2) is 0 Å². The smallest absolute Gasteiger partial charge is 0.225 e. The summed E-state index contributed by atoms with van der Waals surface area (Å²) in [6, 6.07) is 8.31. The Morgan fingerprint density at radius 1 is 1.19 bits per heavy atom. The van der Waals surface area contributed by atoms with Crippen LogP contribution in [0.15, 0.2) is 24.3 Å². The molecule has 1 aliphatic rings. The fraction of sp³-hybridized carbons (Fsp3) is 0.444. The summed E-state index contributed by atoms with van der Waals surface area (Å²) in [5, 5.41) is 1.24. The van der Waals surface area contributed by atoms with E-state index in [9.17, 15) is 4.79 Å². The molecule has 2 heterocycles. The van der Waals surface area contributed by atoms with Crippen LogP contribution in [0.25, 0.3) is 10.9 Å². The second kappa shape index (κ2) is 5.47. The lowest BCUT2D eigenvalue weighted by molar-refractivity contribution is -0.134. The largest absolute Gasteiger partial charge is 0.342 e. The van der Waals surface area contributed by atoms with Crippen molar-refractivity contribution >= 4 is 16.8 Å². The number of aromatic nitrogens is 1. The van der Waals surface area contributed by atoms with Crippen LogP contribution in [0.2, 0.25) is 0 Å². The zero-order chi connectivity index (χ0) is 15.0. The van der Waals surface area contributed by atoms with Gasteiger partial charge < -0.3 is 4.90 Å². The lowest BCUT2D eigenvalue weighted by Crippen LogP contribution is -2.36. The van der Waals surface area contributed by atoms with E-state index in [0.29, 0.717) is 0 Å². The minimum absolute atomic E-state index is 0.0688. The van der Waals surface area contributed by atoms with Crippen molar-refractivity contribution in [2.45, 2.75) is 33.6 Å². The van der Waals surface area contributed by atoms with E-state index in [2.05, 4.69) is 25.1 Å². The van der Waals surface area contributed by atoms with Gasteiger partial charge in [-0.3, -0.25) is 9.78 Å². The summed E-state index contributed by atoms with van der Waals surface area (Å²) in [6.45, 7) is 7.72. The molecule has 1 aromatic carbocycles. The Hall–Kier alpha value is -1.90. The highest BCUT2D eigenvalue weighted by atomic mass is 16.2. The molecule has 0 bridgehead atoms. The van der Waals surface area contributed by atoms with Crippen molar-refractivity contribution in [3.8, 4) is 0 Å². The Bertz CT molecular complexity index is 691. The number of benzene rings is 1. The van der Waals surface area contributed by atoms with E-state index in [0.717, 1.165) is 31.4 Å². The fourth-order valence-corrected chi connectivity index (χ4v) is 3.20. The van der Waals surface area contributed by atoms with E-state index in [1.165, 1.54) is 22.2 Å². The number of hydrogen-bond donors (Lipinski definition) is 0. The molecule has 0 atom stereocenters. The van der Waals surface area contributed by atoms with Crippen LogP contribution in [0, 0.1) is 12.8 Å². The van der Waals surface area contributed by atoms with Gasteiger partial charge in [0.2, 0.25) is 5.91 Å². The Labute approximate surface area is 126 Å². The minimum atomic E-state index is 0.0688. The molecule has 0 aliphatic carbocycles. The average Bonchev–Trinajstić information content (AvgIpc) is 2.69. The molecule has 0 radical (unpaired) electrons. The predicted octanol–water partition coefficient (Wildman–Crippen LogP) is 3.13. The van der Waals surface area contributed by atoms with Gasteiger partial charge in [-0.1, -0.05) is 32.0 Å². The van der Waals surface area contributed by atoms with Crippen LogP contribution >= 0.6 is 0 Å². The van der Waals surface area contributed by atoms with Gasteiger partial charge in [0.05, 0.1) is 5.52 Å². The first-order valence-electron chi connectivity index (χ1n) is 7.74. The van der Waals surface area contributed by atoms with Crippen molar-refractivity contribution in [3.05, 3.63) is 41.1 Å². The van der Waals surface area contributed by atoms with Crippen LogP contribution in [0.1, 0.15) is 30.7 Å². The Morgan fingerprint density at radius 2 is 1.90 bits per heavy atom. The maximum atomic E-state index is 12.2. The van der Waals surface area contributed by atoms with Gasteiger partial charge >= 0.3 is 0 Å². The van der Waals surface area contributed by atoms with Crippen LogP contribution in [0.3, 0.4) is 0 Å². The predicted molar refractivity (Wildman–Crippen MR) is 85.3 cm³/mol. The molecule has 0 saturated carbocycles. The zero-order valence-corrected chi connectivity index (χ0v) is 13.0. The number of para-hydroxylation sites is 1. The third kappa shape index (κ3) is 2.53. The summed E-state index contributed by atoms with van der Waals surface area (Å²) in [5.41, 5.74) is 4.91. The second-order valence-corrected chi connectivity index (χ2v) is 6.16. The molecule has 1 amide bonds. The first-order chi connectivity index (χ1) is 10.1. The number of aryl methyl sites for hydroxylation is 1. The van der Waals surface area contributed by atoms with Gasteiger partial charge in [-0.2, -0.15) is 0 Å². The number of amides is 1. The van der Waals surface area contributed by atoms with E-state index < -0.39 is 0 Å². The SMILES string of the molecule is Cc1c2c(nc3ccccc13)CCN(C(=O)C(C)C)CC2. The highest BCUT2D eigenvalue weighted by Gasteiger charge is 2.22. The van der Waals surface area contributed by atoms with Gasteiger partial charge in [-0.05, 0) is 30.5 Å². The van der Waals surface area contributed by atoms with Gasteiger partial charge in [-0.15, -0.1) is 0 Å². The molecule has 110 valence electrons. The third-order valence-electron chi connectivity index (χ3n) is 4.42. The third-order valence-corrected chi connectivity index (χ3v) is 4.42. The molecule has 1 aromatic heterocycles. The molecule has 0 fully saturated rings. The first kappa shape index (κ1) is 14.1. The molecule has 0 unspecified atom stereocenters. The highest BCUT2D eigenvalue weighted by molar-refractivity contribution is 5.83. The monoisotopic (exact) mass is 282 g/mol. The second-order valence-electron chi connectivity index (χ2n) is 6.16. The van der Waals surface area contributed by atoms with Gasteiger partial charge in [0.25, 0.3) is 0 Å². The Kier molecular flexibility index (Phi) is 3.66. The first-order valence-corrected chi connectivity index (χ1v) is 7.74. The van der Waals surface area contributed by atoms with E-state index in [-0.39, 0.29) is 11.8 Å². The molecule has 0 saturated heterocycles. The van der Waals surface area contributed by atoms with Crippen LogP contribution < -0.4 is 0 Å². The molecule has 3 heteroatoms. The van der Waals surface area contributed by atoms with E-state index >= 15 is 0 Å². The van der Waals surface area contributed by atoms with Crippen molar-refractivity contribution < 1.29 is 4.79 Å². The molecular weight excluding hydrogens is 260 g/mol. The van der Waals surface area contributed by atoms with Gasteiger partial charge in [0.1, 0.15) is 0 Å². The number of nitrogens with zero attached hydrogens (tertiary/aromatic N) is 2. The summed E-state index contributed by atoms with van der Waals surface area (Å²) in [6.07, 6.45) is 1.77. The van der Waals surface area contributed by atoms with Crippen LogP contribution in [0.4, 0.5) is 0 Å². The molecule has 3 nitrogen and oxygen atoms in total. The lowest BCUT2D eigenvalue weighted by atomic mass is 9.98. The number of carbonyl (C=O) groups excluding carboxylic acids is 1. The summed E-state index contributed by atoms with van der Waals surface area (Å²) >= 11 is 0. The number of rotatable bonds is 1. The Morgan fingerprint density at radius 3 is 2.67 bits per heavy atom. The number of fused-ring (bicyclic) bond motifs is 2. The van der Waals surface area contributed by atoms with Gasteiger partial charge in [0, 0.05) is 36.5 Å². The molecule has 2 aromatic rings. The zero-order valence-electron chi connectivity index (χ0n) is 13.0. The summed E-state index contributed by atoms with van der Waals surface area (Å²) in [5.74, 6) is 0.323. The maximum Gasteiger partial charge on any atom is 0.225 e. The van der Waals surface area contributed by atoms with Crippen LogP contribution in [0.5, 0.6) is 0 Å². The molecule has 0 N–H and O–H groups in total. The quantitative estimate of drug-likeness (QED) is 0.805. The van der Waals surface area contributed by atoms with Crippen molar-refractivity contribution in [2.24, 2.45) is 5.92 Å². The molecule has 0 spiro atoms. The minimum Gasteiger partial charge on any atom is -0.342 e. The van der Waals surface area contributed by atoms with E-state index in [1.54, 1.807) is 0 Å². The van der Waals surface area contributed by atoms with Crippen LogP contribution in [-0.2, 0) is 17.6 Å². The topological polar surface area (TPSA) is 33.2 Å². The summed E-state index contributed by atoms with van der Waals surface area (Å²) in [7, 11) is 0. The summed E-state index contributed by atoms with van der Waals surface area (Å²) in [4.78, 5) is 19.1. The van der Waals surface area contributed by atoms with E-state index in [4.69, 9.17) is 4.98 Å². The van der Waals surface area contributed by atoms with Crippen molar-refractivity contribution in [3.63, 3.8) is 0 Å². The standard InChI is InChI=1S/C18H22N2O/c1-12(2)18(21)20-10-8-15-13(3)14-6-4-5-7-16(14)19-17(15)9-11-20/h4-7,12H,8-11H2,1-3H3. The lowest BCUT2D eigenvalue weighted by Gasteiger charge is -2.22. The number of carbonyl (C=O) groups is 1. The van der Waals surface area contributed by atoms with Crippen molar-refractivity contribution in [1.82, 2.24) is 9.88 Å². The molecule has 3 rings (SSSR count). The van der Waals surface area contributed by atoms with Crippen molar-refractivity contribution in [1.29, 1.82) is 0 Å². The maximum absolute atomic E-state index is 12.2. The normalized spacial score (nSPS) is 15.1. The molecule has 21 heavy (non-hydrogen) atoms. The summed E-state index contributed by atoms with van der Waals surface area (Å²) < 4.78 is 0. The van der Waals surface area contributed by atoms with Crippen molar-refractivity contribution in [2.75, 3.05) is 13.1 Å². The van der Waals surface area contributed by atoms with Gasteiger partial charge in [0.15, 0.2) is 0 Å². The van der Waals surface area contributed by atoms with E-state index in [1.807, 2.05) is 24.8 Å².